The maximum Gasteiger partial charge on any atom is 0.310 e. The zero-order chi connectivity index (χ0) is 8.27. The molecule has 0 fully saturated rings. The zero-order valence-electron chi connectivity index (χ0n) is 6.62. The average molecular weight is 155 g/mol. The molecule has 0 aromatic carbocycles. The normalized spacial score (nSPS) is 30.0. The highest BCUT2D eigenvalue weighted by Gasteiger charge is 2.26. The van der Waals surface area contributed by atoms with Crippen LogP contribution in [0.25, 0.3) is 0 Å². The van der Waals surface area contributed by atoms with Crippen molar-refractivity contribution in [2.24, 2.45) is 11.7 Å². The van der Waals surface area contributed by atoms with Crippen molar-refractivity contribution in [1.82, 2.24) is 0 Å². The number of rotatable bonds is 1. The molecule has 62 valence electrons. The van der Waals surface area contributed by atoms with Crippen LogP contribution < -0.4 is 5.73 Å². The topological polar surface area (TPSA) is 52.3 Å². The molecule has 0 amide bonds. The second kappa shape index (κ2) is 3.53. The fourth-order valence-corrected chi connectivity index (χ4v) is 1.26. The number of hydrogen-bond acceptors (Lipinski definition) is 3. The predicted octanol–water partition coefficient (Wildman–Crippen LogP) is 0.453. The Morgan fingerprint density at radius 1 is 1.55 bits per heavy atom. The van der Waals surface area contributed by atoms with Gasteiger partial charge in [0.2, 0.25) is 0 Å². The lowest BCUT2D eigenvalue weighted by molar-refractivity contribution is -0.146. The summed E-state index contributed by atoms with van der Waals surface area (Å²) in [6.07, 6.45) is 5.47. The van der Waals surface area contributed by atoms with Crippen LogP contribution in [0.1, 0.15) is 12.8 Å². The molecule has 1 aliphatic rings. The van der Waals surface area contributed by atoms with Gasteiger partial charge >= 0.3 is 5.97 Å². The molecule has 1 aliphatic carbocycles. The third kappa shape index (κ3) is 1.80. The van der Waals surface area contributed by atoms with E-state index in [0.29, 0.717) is 6.42 Å². The third-order valence-electron chi connectivity index (χ3n) is 1.99. The molecule has 3 nitrogen and oxygen atoms in total. The minimum Gasteiger partial charge on any atom is -0.469 e. The van der Waals surface area contributed by atoms with Gasteiger partial charge in [0.05, 0.1) is 13.0 Å². The molecule has 0 unspecified atom stereocenters. The van der Waals surface area contributed by atoms with Crippen LogP contribution in [-0.2, 0) is 9.53 Å². The van der Waals surface area contributed by atoms with Gasteiger partial charge in [0.1, 0.15) is 0 Å². The number of carbonyl (C=O) groups excluding carboxylic acids is 1. The van der Waals surface area contributed by atoms with Gasteiger partial charge < -0.3 is 10.5 Å². The Morgan fingerprint density at radius 3 is 2.73 bits per heavy atom. The molecule has 0 bridgehead atoms. The van der Waals surface area contributed by atoms with Crippen LogP contribution in [0.5, 0.6) is 0 Å². The molecule has 1 rings (SSSR count). The summed E-state index contributed by atoms with van der Waals surface area (Å²) in [7, 11) is 1.40. The SMILES string of the molecule is COC(=O)[C@@H]1CC=CC[C@H]1N. The largest absolute Gasteiger partial charge is 0.469 e. The van der Waals surface area contributed by atoms with Gasteiger partial charge in [-0.2, -0.15) is 0 Å². The zero-order valence-corrected chi connectivity index (χ0v) is 6.62. The van der Waals surface area contributed by atoms with Crippen LogP contribution in [0.3, 0.4) is 0 Å². The van der Waals surface area contributed by atoms with E-state index < -0.39 is 0 Å². The molecule has 2 atom stereocenters. The maximum atomic E-state index is 11.0. The number of allylic oxidation sites excluding steroid dienone is 1. The minimum absolute atomic E-state index is 0.0625. The summed E-state index contributed by atoms with van der Waals surface area (Å²) in [5.41, 5.74) is 5.70. The first-order valence-corrected chi connectivity index (χ1v) is 3.74. The van der Waals surface area contributed by atoms with E-state index >= 15 is 0 Å². The number of esters is 1. The number of ether oxygens (including phenoxy) is 1. The summed E-state index contributed by atoms with van der Waals surface area (Å²) < 4.78 is 4.61. The van der Waals surface area contributed by atoms with Gasteiger partial charge in [-0.3, -0.25) is 4.79 Å². The molecule has 11 heavy (non-hydrogen) atoms. The number of carbonyl (C=O) groups is 1. The van der Waals surface area contributed by atoms with Crippen molar-refractivity contribution in [3.05, 3.63) is 12.2 Å². The van der Waals surface area contributed by atoms with E-state index in [1.54, 1.807) is 0 Å². The van der Waals surface area contributed by atoms with E-state index in [9.17, 15) is 4.79 Å². The third-order valence-corrected chi connectivity index (χ3v) is 1.99. The Labute approximate surface area is 66.2 Å². The lowest BCUT2D eigenvalue weighted by Crippen LogP contribution is -2.37. The fraction of sp³-hybridized carbons (Fsp3) is 0.625. The molecule has 0 spiro atoms. The van der Waals surface area contributed by atoms with Crippen molar-refractivity contribution in [1.29, 1.82) is 0 Å². The van der Waals surface area contributed by atoms with Crippen molar-refractivity contribution in [2.45, 2.75) is 18.9 Å². The Balaban J connectivity index is 2.56. The summed E-state index contributed by atoms with van der Waals surface area (Å²) in [6.45, 7) is 0. The first kappa shape index (κ1) is 8.27. The Kier molecular flexibility index (Phi) is 2.65. The fourth-order valence-electron chi connectivity index (χ4n) is 1.26. The van der Waals surface area contributed by atoms with E-state index in [1.165, 1.54) is 7.11 Å². The number of hydrogen-bond donors (Lipinski definition) is 1. The van der Waals surface area contributed by atoms with Crippen molar-refractivity contribution in [3.63, 3.8) is 0 Å². The minimum atomic E-state index is -0.193. The molecule has 0 heterocycles. The number of methoxy groups -OCH3 is 1. The van der Waals surface area contributed by atoms with Crippen LogP contribution in [0.2, 0.25) is 0 Å². The number of nitrogens with two attached hydrogens (primary N) is 1. The molecule has 0 saturated heterocycles. The van der Waals surface area contributed by atoms with Crippen molar-refractivity contribution in [3.8, 4) is 0 Å². The molecule has 0 aromatic rings. The highest BCUT2D eigenvalue weighted by Crippen LogP contribution is 2.18. The van der Waals surface area contributed by atoms with Crippen molar-refractivity contribution >= 4 is 5.97 Å². The van der Waals surface area contributed by atoms with Crippen LogP contribution in [0.4, 0.5) is 0 Å². The smallest absolute Gasteiger partial charge is 0.310 e. The lowest BCUT2D eigenvalue weighted by Gasteiger charge is -2.22. The van der Waals surface area contributed by atoms with Gasteiger partial charge in [-0.25, -0.2) is 0 Å². The summed E-state index contributed by atoms with van der Waals surface area (Å²) in [6, 6.07) is -0.0625. The summed E-state index contributed by atoms with van der Waals surface area (Å²) >= 11 is 0. The monoisotopic (exact) mass is 155 g/mol. The van der Waals surface area contributed by atoms with E-state index in [2.05, 4.69) is 4.74 Å². The van der Waals surface area contributed by atoms with Gasteiger partial charge in [0.15, 0.2) is 0 Å². The summed E-state index contributed by atoms with van der Waals surface area (Å²) in [5.74, 6) is -0.327. The van der Waals surface area contributed by atoms with Gasteiger partial charge in [0.25, 0.3) is 0 Å². The van der Waals surface area contributed by atoms with Gasteiger partial charge in [-0.15, -0.1) is 0 Å². The summed E-state index contributed by atoms with van der Waals surface area (Å²) in [4.78, 5) is 11.0. The van der Waals surface area contributed by atoms with Crippen molar-refractivity contribution < 1.29 is 9.53 Å². The van der Waals surface area contributed by atoms with E-state index in [-0.39, 0.29) is 17.9 Å². The Hall–Kier alpha value is -0.830. The molecule has 0 radical (unpaired) electrons. The highest BCUT2D eigenvalue weighted by atomic mass is 16.5. The van der Waals surface area contributed by atoms with Crippen molar-refractivity contribution in [2.75, 3.05) is 7.11 Å². The standard InChI is InChI=1S/C8H13NO2/c1-11-8(10)6-4-2-3-5-7(6)9/h2-3,6-7H,4-5,9H2,1H3/t6-,7-/m1/s1. The molecule has 0 aromatic heterocycles. The molecule has 2 N–H and O–H groups in total. The van der Waals surface area contributed by atoms with Crippen LogP contribution >= 0.6 is 0 Å². The first-order chi connectivity index (χ1) is 5.25. The van der Waals surface area contributed by atoms with E-state index in [0.717, 1.165) is 6.42 Å². The Bertz CT molecular complexity index is 177. The summed E-state index contributed by atoms with van der Waals surface area (Å²) in [5, 5.41) is 0. The molecular formula is C8H13NO2. The maximum absolute atomic E-state index is 11.0. The first-order valence-electron chi connectivity index (χ1n) is 3.74. The molecule has 0 aliphatic heterocycles. The van der Waals surface area contributed by atoms with Gasteiger partial charge in [0, 0.05) is 6.04 Å². The van der Waals surface area contributed by atoms with Crippen LogP contribution in [-0.4, -0.2) is 19.1 Å². The van der Waals surface area contributed by atoms with Crippen LogP contribution in [0, 0.1) is 5.92 Å². The predicted molar refractivity (Wildman–Crippen MR) is 41.9 cm³/mol. The Morgan fingerprint density at radius 2 is 2.18 bits per heavy atom. The van der Waals surface area contributed by atoms with Gasteiger partial charge in [-0.1, -0.05) is 12.2 Å². The van der Waals surface area contributed by atoms with Crippen LogP contribution in [0.15, 0.2) is 12.2 Å². The quantitative estimate of drug-likeness (QED) is 0.442. The molecule has 3 heteroatoms. The second-order valence-electron chi connectivity index (χ2n) is 2.74. The molecule has 0 saturated carbocycles. The second-order valence-corrected chi connectivity index (χ2v) is 2.74. The molecular weight excluding hydrogens is 142 g/mol. The van der Waals surface area contributed by atoms with E-state index in [1.807, 2.05) is 12.2 Å². The highest BCUT2D eigenvalue weighted by molar-refractivity contribution is 5.73. The lowest BCUT2D eigenvalue weighted by atomic mass is 9.90. The average Bonchev–Trinajstić information content (AvgIpc) is 2.04. The van der Waals surface area contributed by atoms with E-state index in [4.69, 9.17) is 5.73 Å². The van der Waals surface area contributed by atoms with Gasteiger partial charge in [-0.05, 0) is 12.8 Å².